The number of hydrogen-bond acceptors (Lipinski definition) is 5. The van der Waals surface area contributed by atoms with Crippen molar-refractivity contribution in [1.82, 2.24) is 5.32 Å². The number of benzene rings is 1. The number of carbonyl (C=O) groups excluding carboxylic acids is 1. The Bertz CT molecular complexity index is 393. The lowest BCUT2D eigenvalue weighted by Gasteiger charge is -2.10. The van der Waals surface area contributed by atoms with E-state index in [9.17, 15) is 4.79 Å². The molecule has 0 fully saturated rings. The van der Waals surface area contributed by atoms with Crippen molar-refractivity contribution in [2.24, 2.45) is 0 Å². The molecule has 0 atom stereocenters. The highest BCUT2D eigenvalue weighted by Gasteiger charge is 2.12. The van der Waals surface area contributed by atoms with E-state index in [1.165, 1.54) is 7.11 Å². The number of Topliss-reactive ketones (excluding diaryl/α,β-unsaturated/α-hetero) is 1. The van der Waals surface area contributed by atoms with Crippen LogP contribution < -0.4 is 14.8 Å². The first-order valence-electron chi connectivity index (χ1n) is 5.79. The largest absolute Gasteiger partial charge is 0.497 e. The van der Waals surface area contributed by atoms with E-state index in [4.69, 9.17) is 14.6 Å². The highest BCUT2D eigenvalue weighted by Crippen LogP contribution is 2.24. The van der Waals surface area contributed by atoms with Gasteiger partial charge in [0.2, 0.25) is 0 Å². The molecule has 0 spiro atoms. The van der Waals surface area contributed by atoms with Gasteiger partial charge in [0, 0.05) is 6.61 Å². The molecule has 0 unspecified atom stereocenters. The predicted octanol–water partition coefficient (Wildman–Crippen LogP) is 0.858. The molecule has 0 amide bonds. The van der Waals surface area contributed by atoms with Crippen LogP contribution >= 0.6 is 0 Å². The summed E-state index contributed by atoms with van der Waals surface area (Å²) in [6.45, 7) is 0.932. The molecule has 0 saturated carbocycles. The van der Waals surface area contributed by atoms with Crippen molar-refractivity contribution < 1.29 is 19.4 Å². The minimum Gasteiger partial charge on any atom is -0.497 e. The van der Waals surface area contributed by atoms with E-state index in [0.29, 0.717) is 30.0 Å². The van der Waals surface area contributed by atoms with Crippen molar-refractivity contribution in [3.05, 3.63) is 23.8 Å². The summed E-state index contributed by atoms with van der Waals surface area (Å²) in [5.41, 5.74) is 0.494. The number of aliphatic hydroxyl groups excluding tert-OH is 1. The average Bonchev–Trinajstić information content (AvgIpc) is 2.42. The fourth-order valence-corrected chi connectivity index (χ4v) is 1.53. The lowest BCUT2D eigenvalue weighted by molar-refractivity contribution is 0.0987. The Kier molecular flexibility index (Phi) is 6.18. The van der Waals surface area contributed by atoms with Crippen LogP contribution in [0.25, 0.3) is 0 Å². The molecule has 0 heterocycles. The number of aliphatic hydroxyl groups is 1. The molecule has 5 heteroatoms. The predicted molar refractivity (Wildman–Crippen MR) is 68.4 cm³/mol. The minimum atomic E-state index is -0.0660. The van der Waals surface area contributed by atoms with Gasteiger partial charge in [-0.2, -0.15) is 0 Å². The summed E-state index contributed by atoms with van der Waals surface area (Å²) in [6, 6.07) is 5.11. The fraction of sp³-hybridized carbons (Fsp3) is 0.462. The van der Waals surface area contributed by atoms with Crippen molar-refractivity contribution in [2.45, 2.75) is 6.42 Å². The van der Waals surface area contributed by atoms with Crippen LogP contribution in [0.4, 0.5) is 0 Å². The van der Waals surface area contributed by atoms with Crippen molar-refractivity contribution >= 4 is 5.78 Å². The van der Waals surface area contributed by atoms with Crippen molar-refractivity contribution in [3.8, 4) is 11.5 Å². The number of ketones is 1. The van der Waals surface area contributed by atoms with Crippen molar-refractivity contribution in [3.63, 3.8) is 0 Å². The molecule has 0 bridgehead atoms. The van der Waals surface area contributed by atoms with E-state index < -0.39 is 0 Å². The van der Waals surface area contributed by atoms with E-state index in [2.05, 4.69) is 5.32 Å². The first-order chi connectivity index (χ1) is 8.72. The number of rotatable bonds is 8. The van der Waals surface area contributed by atoms with Crippen LogP contribution in [0, 0.1) is 0 Å². The van der Waals surface area contributed by atoms with Crippen LogP contribution in [0.15, 0.2) is 18.2 Å². The number of hydrogen-bond donors (Lipinski definition) is 2. The maximum atomic E-state index is 12.0. The van der Waals surface area contributed by atoms with E-state index in [1.807, 2.05) is 0 Å². The van der Waals surface area contributed by atoms with Crippen molar-refractivity contribution in [2.75, 3.05) is 33.9 Å². The van der Waals surface area contributed by atoms with Gasteiger partial charge in [-0.05, 0) is 31.2 Å². The Morgan fingerprint density at radius 3 is 2.72 bits per heavy atom. The normalized spacial score (nSPS) is 10.2. The van der Waals surface area contributed by atoms with Crippen LogP contribution in [-0.4, -0.2) is 44.8 Å². The van der Waals surface area contributed by atoms with Gasteiger partial charge in [-0.1, -0.05) is 0 Å². The SMILES string of the molecule is COc1ccc(OC)c(C(=O)CNCCCO)c1. The smallest absolute Gasteiger partial charge is 0.180 e. The molecule has 2 N–H and O–H groups in total. The van der Waals surface area contributed by atoms with Crippen LogP contribution in [0.1, 0.15) is 16.8 Å². The van der Waals surface area contributed by atoms with Gasteiger partial charge in [-0.3, -0.25) is 4.79 Å². The molecule has 5 nitrogen and oxygen atoms in total. The summed E-state index contributed by atoms with van der Waals surface area (Å²) in [5, 5.41) is 11.6. The second-order valence-corrected chi connectivity index (χ2v) is 3.74. The van der Waals surface area contributed by atoms with Gasteiger partial charge in [0.15, 0.2) is 5.78 Å². The van der Waals surface area contributed by atoms with Gasteiger partial charge in [0.1, 0.15) is 11.5 Å². The summed E-state index contributed by atoms with van der Waals surface area (Å²) in [5.74, 6) is 1.09. The van der Waals surface area contributed by atoms with Crippen LogP contribution in [0.2, 0.25) is 0 Å². The molecule has 0 aliphatic rings. The quantitative estimate of drug-likeness (QED) is 0.531. The third-order valence-electron chi connectivity index (χ3n) is 2.50. The molecule has 0 radical (unpaired) electrons. The second-order valence-electron chi connectivity index (χ2n) is 3.74. The number of nitrogens with one attached hydrogen (secondary N) is 1. The maximum Gasteiger partial charge on any atom is 0.180 e. The van der Waals surface area contributed by atoms with Gasteiger partial charge >= 0.3 is 0 Å². The van der Waals surface area contributed by atoms with E-state index in [-0.39, 0.29) is 18.9 Å². The molecular formula is C13H19NO4. The Morgan fingerprint density at radius 2 is 2.11 bits per heavy atom. The topological polar surface area (TPSA) is 67.8 Å². The number of methoxy groups -OCH3 is 2. The molecule has 0 aliphatic carbocycles. The van der Waals surface area contributed by atoms with E-state index >= 15 is 0 Å². The van der Waals surface area contributed by atoms with Gasteiger partial charge < -0.3 is 19.9 Å². The fourth-order valence-electron chi connectivity index (χ4n) is 1.53. The Morgan fingerprint density at radius 1 is 1.33 bits per heavy atom. The lowest BCUT2D eigenvalue weighted by Crippen LogP contribution is -2.24. The van der Waals surface area contributed by atoms with Crippen LogP contribution in [0.5, 0.6) is 11.5 Å². The highest BCUT2D eigenvalue weighted by molar-refractivity contribution is 6.00. The molecule has 18 heavy (non-hydrogen) atoms. The molecule has 0 saturated heterocycles. The zero-order valence-electron chi connectivity index (χ0n) is 10.7. The van der Waals surface area contributed by atoms with Gasteiger partial charge in [-0.15, -0.1) is 0 Å². The van der Waals surface area contributed by atoms with Gasteiger partial charge in [0.05, 0.1) is 26.3 Å². The van der Waals surface area contributed by atoms with Crippen molar-refractivity contribution in [1.29, 1.82) is 0 Å². The van der Waals surface area contributed by atoms with Crippen LogP contribution in [0.3, 0.4) is 0 Å². The third-order valence-corrected chi connectivity index (χ3v) is 2.50. The minimum absolute atomic E-state index is 0.0660. The van der Waals surface area contributed by atoms with E-state index in [1.54, 1.807) is 25.3 Å². The summed E-state index contributed by atoms with van der Waals surface area (Å²) < 4.78 is 10.2. The summed E-state index contributed by atoms with van der Waals surface area (Å²) in [4.78, 5) is 12.0. The Hall–Kier alpha value is -1.59. The zero-order valence-corrected chi connectivity index (χ0v) is 10.7. The van der Waals surface area contributed by atoms with E-state index in [0.717, 1.165) is 0 Å². The third kappa shape index (κ3) is 4.01. The highest BCUT2D eigenvalue weighted by atomic mass is 16.5. The average molecular weight is 253 g/mol. The molecule has 1 aromatic rings. The first kappa shape index (κ1) is 14.5. The number of carbonyl (C=O) groups is 1. The molecular weight excluding hydrogens is 234 g/mol. The molecule has 100 valence electrons. The van der Waals surface area contributed by atoms with Gasteiger partial charge in [-0.25, -0.2) is 0 Å². The lowest BCUT2D eigenvalue weighted by atomic mass is 10.1. The Labute approximate surface area is 107 Å². The molecule has 0 aliphatic heterocycles. The Balaban J connectivity index is 2.70. The molecule has 1 aromatic carbocycles. The second kappa shape index (κ2) is 7.68. The molecule has 0 aromatic heterocycles. The zero-order chi connectivity index (χ0) is 13.4. The molecule has 1 rings (SSSR count). The summed E-state index contributed by atoms with van der Waals surface area (Å²) in [7, 11) is 3.08. The standard InChI is InChI=1S/C13H19NO4/c1-17-10-4-5-13(18-2)11(8-10)12(16)9-14-6-3-7-15/h4-5,8,14-15H,3,6-7,9H2,1-2H3. The summed E-state index contributed by atoms with van der Waals surface area (Å²) in [6.07, 6.45) is 0.628. The summed E-state index contributed by atoms with van der Waals surface area (Å²) >= 11 is 0. The first-order valence-corrected chi connectivity index (χ1v) is 5.79. The van der Waals surface area contributed by atoms with Gasteiger partial charge in [0.25, 0.3) is 0 Å². The van der Waals surface area contributed by atoms with Crippen LogP contribution in [-0.2, 0) is 0 Å². The maximum absolute atomic E-state index is 12.0. The number of ether oxygens (including phenoxy) is 2. The monoisotopic (exact) mass is 253 g/mol.